The summed E-state index contributed by atoms with van der Waals surface area (Å²) in [5, 5.41) is 10.1. The average Bonchev–Trinajstić information content (AvgIpc) is 2.68. The van der Waals surface area contributed by atoms with E-state index in [-0.39, 0.29) is 5.56 Å². The van der Waals surface area contributed by atoms with Gasteiger partial charge in [-0.15, -0.1) is 11.3 Å². The van der Waals surface area contributed by atoms with Crippen LogP contribution in [0.2, 0.25) is 4.34 Å². The Morgan fingerprint density at radius 3 is 2.40 bits per heavy atom. The molecular weight excluding hydrogens is 384 g/mol. The van der Waals surface area contributed by atoms with Crippen LogP contribution in [0.4, 0.5) is 17.6 Å². The van der Waals surface area contributed by atoms with Gasteiger partial charge in [0.25, 0.3) is 0 Å². The van der Waals surface area contributed by atoms with E-state index in [9.17, 15) is 22.7 Å². The lowest BCUT2D eigenvalue weighted by Gasteiger charge is -2.13. The predicted molar refractivity (Wildman–Crippen MR) is 72.5 cm³/mol. The number of aliphatic hydroxyl groups is 1. The van der Waals surface area contributed by atoms with Crippen molar-refractivity contribution in [2.45, 2.75) is 12.3 Å². The summed E-state index contributed by atoms with van der Waals surface area (Å²) in [4.78, 5) is 0.363. The monoisotopic (exact) mass is 388 g/mol. The van der Waals surface area contributed by atoms with E-state index in [0.29, 0.717) is 25.8 Å². The lowest BCUT2D eigenvalue weighted by atomic mass is 10.0. The van der Waals surface area contributed by atoms with E-state index in [1.807, 2.05) is 0 Å². The zero-order valence-corrected chi connectivity index (χ0v) is 12.7. The Hall–Kier alpha value is -0.630. The molecule has 1 atom stereocenters. The largest absolute Gasteiger partial charge is 0.419 e. The number of thiophene rings is 1. The lowest BCUT2D eigenvalue weighted by Crippen LogP contribution is -2.10. The molecule has 0 spiro atoms. The first-order valence-corrected chi connectivity index (χ1v) is 7.18. The van der Waals surface area contributed by atoms with Crippen LogP contribution in [0.1, 0.15) is 22.1 Å². The molecule has 1 unspecified atom stereocenters. The maximum Gasteiger partial charge on any atom is 0.419 e. The summed E-state index contributed by atoms with van der Waals surface area (Å²) in [5.41, 5.74) is -1.46. The van der Waals surface area contributed by atoms with Gasteiger partial charge in [0.05, 0.1) is 5.56 Å². The normalized spacial score (nSPS) is 13.6. The summed E-state index contributed by atoms with van der Waals surface area (Å²) in [6, 6.07) is 3.90. The zero-order chi connectivity index (χ0) is 15.1. The summed E-state index contributed by atoms with van der Waals surface area (Å²) in [7, 11) is 0. The van der Waals surface area contributed by atoms with Crippen LogP contribution >= 0.6 is 38.9 Å². The molecule has 2 rings (SSSR count). The molecule has 2 aromatic rings. The highest BCUT2D eigenvalue weighted by molar-refractivity contribution is 9.10. The minimum absolute atomic E-state index is 0.0517. The first kappa shape index (κ1) is 15.8. The standard InChI is InChI=1S/C12H6BrClF4OS/c13-7-4-9(20-11(7)14)10(19)5-1-2-8(15)6(3-5)12(16,17)18/h1-4,10,19H. The second-order valence-corrected chi connectivity index (χ2v) is 6.45. The van der Waals surface area contributed by atoms with E-state index in [2.05, 4.69) is 15.9 Å². The van der Waals surface area contributed by atoms with Crippen LogP contribution in [0.15, 0.2) is 28.7 Å². The van der Waals surface area contributed by atoms with Crippen LogP contribution in [0.3, 0.4) is 0 Å². The van der Waals surface area contributed by atoms with Gasteiger partial charge in [0.2, 0.25) is 0 Å². The van der Waals surface area contributed by atoms with Crippen molar-refractivity contribution >= 4 is 38.9 Å². The van der Waals surface area contributed by atoms with Crippen molar-refractivity contribution in [2.24, 2.45) is 0 Å². The molecule has 0 aliphatic carbocycles. The molecule has 1 nitrogen and oxygen atoms in total. The Morgan fingerprint density at radius 2 is 1.90 bits per heavy atom. The van der Waals surface area contributed by atoms with Crippen LogP contribution < -0.4 is 0 Å². The fourth-order valence-electron chi connectivity index (χ4n) is 1.59. The number of benzene rings is 1. The summed E-state index contributed by atoms with van der Waals surface area (Å²) >= 11 is 9.98. The maximum absolute atomic E-state index is 13.2. The predicted octanol–water partition coefficient (Wildman–Crippen LogP) is 5.40. The van der Waals surface area contributed by atoms with Crippen LogP contribution in [0.25, 0.3) is 0 Å². The molecule has 0 radical (unpaired) electrons. The maximum atomic E-state index is 13.2. The van der Waals surface area contributed by atoms with Crippen LogP contribution in [0, 0.1) is 5.82 Å². The molecule has 0 aliphatic rings. The van der Waals surface area contributed by atoms with Gasteiger partial charge in [0, 0.05) is 9.35 Å². The number of alkyl halides is 3. The van der Waals surface area contributed by atoms with Gasteiger partial charge in [-0.3, -0.25) is 0 Å². The van der Waals surface area contributed by atoms with Gasteiger partial charge in [-0.25, -0.2) is 4.39 Å². The zero-order valence-electron chi connectivity index (χ0n) is 9.51. The number of aliphatic hydroxyl groups excluding tert-OH is 1. The van der Waals surface area contributed by atoms with Crippen LogP contribution in [-0.2, 0) is 6.18 Å². The van der Waals surface area contributed by atoms with Crippen molar-refractivity contribution in [1.82, 2.24) is 0 Å². The third-order valence-corrected chi connectivity index (χ3v) is 5.07. The van der Waals surface area contributed by atoms with Crippen molar-refractivity contribution in [3.05, 3.63) is 54.9 Å². The summed E-state index contributed by atoms with van der Waals surface area (Å²) in [6.07, 6.45) is -6.11. The molecular formula is C12H6BrClF4OS. The highest BCUT2D eigenvalue weighted by atomic mass is 79.9. The van der Waals surface area contributed by atoms with Crippen LogP contribution in [-0.4, -0.2) is 5.11 Å². The number of hydrogen-bond acceptors (Lipinski definition) is 2. The molecule has 1 aromatic carbocycles. The van der Waals surface area contributed by atoms with E-state index < -0.39 is 23.7 Å². The lowest BCUT2D eigenvalue weighted by molar-refractivity contribution is -0.140. The smallest absolute Gasteiger partial charge is 0.383 e. The fraction of sp³-hybridized carbons (Fsp3) is 0.167. The summed E-state index contributed by atoms with van der Waals surface area (Å²) in [6.45, 7) is 0. The van der Waals surface area contributed by atoms with Gasteiger partial charge >= 0.3 is 6.18 Å². The topological polar surface area (TPSA) is 20.2 Å². The van der Waals surface area contributed by atoms with E-state index in [1.54, 1.807) is 0 Å². The molecule has 0 saturated carbocycles. The first-order chi connectivity index (χ1) is 9.20. The van der Waals surface area contributed by atoms with E-state index in [4.69, 9.17) is 11.6 Å². The van der Waals surface area contributed by atoms with Gasteiger partial charge in [-0.2, -0.15) is 13.2 Å². The molecule has 1 aromatic heterocycles. The first-order valence-electron chi connectivity index (χ1n) is 5.19. The van der Waals surface area contributed by atoms with Crippen molar-refractivity contribution < 1.29 is 22.7 Å². The molecule has 0 amide bonds. The van der Waals surface area contributed by atoms with Crippen molar-refractivity contribution in [3.63, 3.8) is 0 Å². The number of hydrogen-bond donors (Lipinski definition) is 1. The minimum atomic E-state index is -4.81. The Balaban J connectivity index is 2.43. The summed E-state index contributed by atoms with van der Waals surface area (Å²) < 4.78 is 51.9. The van der Waals surface area contributed by atoms with E-state index >= 15 is 0 Å². The van der Waals surface area contributed by atoms with Gasteiger partial charge < -0.3 is 5.11 Å². The Labute approximate surface area is 128 Å². The molecule has 0 aliphatic heterocycles. The van der Waals surface area contributed by atoms with Crippen LogP contribution in [0.5, 0.6) is 0 Å². The molecule has 108 valence electrons. The second kappa shape index (κ2) is 5.63. The van der Waals surface area contributed by atoms with Crippen molar-refractivity contribution in [3.8, 4) is 0 Å². The Morgan fingerprint density at radius 1 is 1.25 bits per heavy atom. The highest BCUT2D eigenvalue weighted by Gasteiger charge is 2.34. The number of rotatable bonds is 2. The second-order valence-electron chi connectivity index (χ2n) is 3.91. The minimum Gasteiger partial charge on any atom is -0.383 e. The average molecular weight is 390 g/mol. The SMILES string of the molecule is OC(c1ccc(F)c(C(F)(F)F)c1)c1cc(Br)c(Cl)s1. The Bertz CT molecular complexity index is 621. The molecule has 1 N–H and O–H groups in total. The molecule has 8 heteroatoms. The third-order valence-electron chi connectivity index (χ3n) is 2.55. The molecule has 0 saturated heterocycles. The fourth-order valence-corrected chi connectivity index (χ4v) is 3.34. The van der Waals surface area contributed by atoms with Gasteiger partial charge in [0.15, 0.2) is 0 Å². The van der Waals surface area contributed by atoms with Gasteiger partial charge in [-0.1, -0.05) is 17.7 Å². The van der Waals surface area contributed by atoms with Gasteiger partial charge in [-0.05, 0) is 39.7 Å². The number of halogens is 6. The van der Waals surface area contributed by atoms with Gasteiger partial charge in [0.1, 0.15) is 16.3 Å². The van der Waals surface area contributed by atoms with Crippen molar-refractivity contribution in [1.29, 1.82) is 0 Å². The molecule has 0 fully saturated rings. The molecule has 0 bridgehead atoms. The molecule has 20 heavy (non-hydrogen) atoms. The van der Waals surface area contributed by atoms with E-state index in [1.165, 1.54) is 6.07 Å². The highest BCUT2D eigenvalue weighted by Crippen LogP contribution is 2.39. The third kappa shape index (κ3) is 3.16. The quantitative estimate of drug-likeness (QED) is 0.682. The Kier molecular flexibility index (Phi) is 4.44. The molecule has 1 heterocycles. The van der Waals surface area contributed by atoms with E-state index in [0.717, 1.165) is 17.4 Å². The van der Waals surface area contributed by atoms with Crippen molar-refractivity contribution in [2.75, 3.05) is 0 Å². The summed E-state index contributed by atoms with van der Waals surface area (Å²) in [5.74, 6) is -1.38.